The maximum Gasteiger partial charge on any atom is 0.144 e. The second-order valence-electron chi connectivity index (χ2n) is 1.62. The Hall–Kier alpha value is 0.150. The van der Waals surface area contributed by atoms with Crippen molar-refractivity contribution in [3.8, 4) is 0 Å². The minimum absolute atomic E-state index is 0.807. The molecule has 0 aliphatic rings. The Kier molecular flexibility index (Phi) is 3.29. The molecule has 1 atom stereocenters. The molecular weight excluding hydrogens is 123 g/mol. The maximum atomic E-state index is 7.35. The van der Waals surface area contributed by atoms with Crippen LogP contribution in [-0.2, 0) is 4.52 Å². The fourth-order valence-corrected chi connectivity index (χ4v) is 1.10. The Morgan fingerprint density at radius 1 is 1.75 bits per heavy atom. The molecule has 0 amide bonds. The molecule has 2 N–H and O–H groups in total. The second kappa shape index (κ2) is 3.23. The molecule has 0 aliphatic heterocycles. The van der Waals surface area contributed by atoms with Crippen molar-refractivity contribution in [3.63, 3.8) is 0 Å². The minimum atomic E-state index is -1.92. The van der Waals surface area contributed by atoms with Gasteiger partial charge < -0.3 is 4.52 Å². The van der Waals surface area contributed by atoms with Crippen molar-refractivity contribution in [3.05, 3.63) is 0 Å². The quantitative estimate of drug-likeness (QED) is 0.577. The van der Waals surface area contributed by atoms with Gasteiger partial charge >= 0.3 is 0 Å². The van der Waals surface area contributed by atoms with Crippen molar-refractivity contribution in [2.45, 2.75) is 6.92 Å². The summed E-state index contributed by atoms with van der Waals surface area (Å²) in [6.45, 7) is 4.55. The summed E-state index contributed by atoms with van der Waals surface area (Å²) in [4.78, 5) is 0. The van der Waals surface area contributed by atoms with E-state index in [-0.39, 0.29) is 0 Å². The average molecular weight is 136 g/mol. The van der Waals surface area contributed by atoms with Crippen LogP contribution in [0.15, 0.2) is 0 Å². The van der Waals surface area contributed by atoms with E-state index in [1.807, 2.05) is 6.92 Å². The molecule has 8 heavy (non-hydrogen) atoms. The third-order valence-electron chi connectivity index (χ3n) is 0.825. The fraction of sp³-hybridized carbons (Fsp3) is 1.00. The first-order chi connectivity index (χ1) is 3.62. The lowest BCUT2D eigenvalue weighted by Gasteiger charge is -2.13. The molecule has 4 heteroatoms. The molecule has 0 saturated carbocycles. The van der Waals surface area contributed by atoms with E-state index in [0.29, 0.717) is 0 Å². The Morgan fingerprint density at radius 3 is 2.38 bits per heavy atom. The van der Waals surface area contributed by atoms with Crippen LogP contribution in [0.25, 0.3) is 0 Å². The third kappa shape index (κ3) is 3.19. The van der Waals surface area contributed by atoms with Crippen LogP contribution in [0.3, 0.4) is 0 Å². The van der Waals surface area contributed by atoms with Gasteiger partial charge in [-0.15, -0.1) is 0 Å². The highest BCUT2D eigenvalue weighted by Gasteiger charge is 2.02. The predicted molar refractivity (Wildman–Crippen MR) is 36.2 cm³/mol. The van der Waals surface area contributed by atoms with E-state index in [1.165, 1.54) is 0 Å². The molecule has 0 saturated heterocycles. The van der Waals surface area contributed by atoms with E-state index >= 15 is 0 Å². The summed E-state index contributed by atoms with van der Waals surface area (Å²) in [6, 6.07) is 0. The Bertz CT molecular complexity index is 104. The van der Waals surface area contributed by atoms with Gasteiger partial charge in [0.05, 0.1) is 0 Å². The number of nitrogens with one attached hydrogen (secondary N) is 2. The van der Waals surface area contributed by atoms with Crippen molar-refractivity contribution in [2.24, 2.45) is 0 Å². The van der Waals surface area contributed by atoms with Gasteiger partial charge in [0.25, 0.3) is 0 Å². The van der Waals surface area contributed by atoms with Crippen LogP contribution in [-0.4, -0.2) is 20.3 Å². The third-order valence-corrected chi connectivity index (χ3v) is 2.47. The lowest BCUT2D eigenvalue weighted by Crippen LogP contribution is -2.08. The first-order valence-corrected chi connectivity index (χ1v) is 4.70. The van der Waals surface area contributed by atoms with Gasteiger partial charge in [0.15, 0.2) is 0 Å². The van der Waals surface area contributed by atoms with E-state index in [4.69, 9.17) is 9.69 Å². The van der Waals surface area contributed by atoms with Gasteiger partial charge in [0.1, 0.15) is 7.43 Å². The smallest absolute Gasteiger partial charge is 0.144 e. The highest BCUT2D eigenvalue weighted by atomic mass is 31.2. The minimum Gasteiger partial charge on any atom is -0.336 e. The summed E-state index contributed by atoms with van der Waals surface area (Å²) in [5, 5.41) is 10.3. The first-order valence-electron chi connectivity index (χ1n) is 2.55. The van der Waals surface area contributed by atoms with Gasteiger partial charge in [-0.05, 0) is 6.54 Å². The molecule has 0 aromatic carbocycles. The lowest BCUT2D eigenvalue weighted by atomic mass is 10.8. The van der Waals surface area contributed by atoms with Gasteiger partial charge in [0, 0.05) is 13.8 Å². The summed E-state index contributed by atoms with van der Waals surface area (Å²) in [5.74, 6) is 0. The molecule has 0 aliphatic carbocycles. The van der Waals surface area contributed by atoms with Crippen LogP contribution < -0.4 is 5.09 Å². The van der Waals surface area contributed by atoms with E-state index in [9.17, 15) is 0 Å². The molecule has 3 nitrogen and oxygen atoms in total. The monoisotopic (exact) mass is 136 g/mol. The zero-order chi connectivity index (χ0) is 6.62. The zero-order valence-corrected chi connectivity index (χ0v) is 6.46. The van der Waals surface area contributed by atoms with E-state index in [0.717, 1.165) is 6.54 Å². The molecule has 0 aromatic rings. The summed E-state index contributed by atoms with van der Waals surface area (Å²) in [6.07, 6.45) is 0. The standard InChI is InChI=1S/C4H13N2OP/c1-4-6-8(3,5)7-2/h4H2,1-3H3,(H2,5,6). The van der Waals surface area contributed by atoms with Gasteiger partial charge in [-0.1, -0.05) is 6.92 Å². The Balaban J connectivity index is 3.55. The maximum absolute atomic E-state index is 7.35. The van der Waals surface area contributed by atoms with Gasteiger partial charge in [-0.2, -0.15) is 0 Å². The van der Waals surface area contributed by atoms with Gasteiger partial charge in [0.2, 0.25) is 0 Å². The van der Waals surface area contributed by atoms with Crippen molar-refractivity contribution in [1.82, 2.24) is 5.09 Å². The van der Waals surface area contributed by atoms with Crippen molar-refractivity contribution in [2.75, 3.05) is 20.3 Å². The zero-order valence-electron chi connectivity index (χ0n) is 5.56. The molecule has 50 valence electrons. The average Bonchev–Trinajstić information content (AvgIpc) is 1.67. The predicted octanol–water partition coefficient (Wildman–Crippen LogP) is 1.48. The van der Waals surface area contributed by atoms with Crippen LogP contribution in [0.1, 0.15) is 6.92 Å². The summed E-state index contributed by atoms with van der Waals surface area (Å²) >= 11 is 0. The van der Waals surface area contributed by atoms with Crippen molar-refractivity contribution in [1.29, 1.82) is 5.16 Å². The lowest BCUT2D eigenvalue weighted by molar-refractivity contribution is 0.445. The van der Waals surface area contributed by atoms with Crippen LogP contribution in [0, 0.1) is 5.16 Å². The largest absolute Gasteiger partial charge is 0.336 e. The van der Waals surface area contributed by atoms with E-state index in [2.05, 4.69) is 5.09 Å². The molecule has 0 aromatic heterocycles. The normalized spacial score (nSPS) is 17.9. The number of hydrogen-bond acceptors (Lipinski definition) is 2. The topological polar surface area (TPSA) is 45.1 Å². The first kappa shape index (κ1) is 8.15. The van der Waals surface area contributed by atoms with Gasteiger partial charge in [-0.3, -0.25) is 10.2 Å². The highest BCUT2D eigenvalue weighted by molar-refractivity contribution is 7.57. The number of rotatable bonds is 3. The van der Waals surface area contributed by atoms with Crippen LogP contribution in [0.5, 0.6) is 0 Å². The fourth-order valence-electron chi connectivity index (χ4n) is 0.366. The molecule has 0 spiro atoms. The Labute approximate surface area is 50.4 Å². The highest BCUT2D eigenvalue weighted by Crippen LogP contribution is 2.35. The molecule has 0 bridgehead atoms. The van der Waals surface area contributed by atoms with E-state index < -0.39 is 7.43 Å². The molecule has 0 rings (SSSR count). The van der Waals surface area contributed by atoms with Crippen molar-refractivity contribution < 1.29 is 4.52 Å². The molecule has 1 unspecified atom stereocenters. The van der Waals surface area contributed by atoms with Crippen molar-refractivity contribution >= 4 is 7.43 Å². The summed E-state index contributed by atoms with van der Waals surface area (Å²) in [7, 11) is -0.364. The van der Waals surface area contributed by atoms with Crippen LogP contribution in [0.2, 0.25) is 0 Å². The van der Waals surface area contributed by atoms with Crippen LogP contribution in [0.4, 0.5) is 0 Å². The molecule has 0 fully saturated rings. The van der Waals surface area contributed by atoms with E-state index in [1.54, 1.807) is 13.8 Å². The second-order valence-corrected chi connectivity index (χ2v) is 4.15. The summed E-state index contributed by atoms with van der Waals surface area (Å²) < 4.78 is 4.84. The Morgan fingerprint density at radius 2 is 2.25 bits per heavy atom. The number of hydrogen-bond donors (Lipinski definition) is 2. The SMILES string of the molecule is CCNP(C)(=N)OC. The molecule has 0 heterocycles. The molecular formula is C4H13N2OP. The van der Waals surface area contributed by atoms with Gasteiger partial charge in [-0.25, -0.2) is 0 Å². The molecule has 0 radical (unpaired) electrons. The summed E-state index contributed by atoms with van der Waals surface area (Å²) in [5.41, 5.74) is 0. The van der Waals surface area contributed by atoms with Crippen LogP contribution >= 0.6 is 7.43 Å².